The molecule has 1 aromatic carbocycles. The van der Waals surface area contributed by atoms with Gasteiger partial charge in [-0.3, -0.25) is 4.79 Å². The van der Waals surface area contributed by atoms with Gasteiger partial charge in [-0.25, -0.2) is 4.39 Å². The Bertz CT molecular complexity index is 294. The van der Waals surface area contributed by atoms with Gasteiger partial charge in [0.15, 0.2) is 5.78 Å². The van der Waals surface area contributed by atoms with Gasteiger partial charge in [0.05, 0.1) is 0 Å². The number of Topliss-reactive ketones (excluding diaryl/α,β-unsaturated/α-hetero) is 1. The molecule has 58 valence electrons. The number of ketones is 1. The lowest BCUT2D eigenvalue weighted by molar-refractivity contribution is -0.268. The van der Waals surface area contributed by atoms with Crippen molar-refractivity contribution in [2.24, 2.45) is 0 Å². The maximum absolute atomic E-state index is 12.4. The Morgan fingerprint density at radius 2 is 2.18 bits per heavy atom. The number of benzene rings is 1. The van der Waals surface area contributed by atoms with Gasteiger partial charge in [0.2, 0.25) is 0 Å². The molecule has 0 unspecified atom stereocenters. The fraction of sp³-hybridized carbons (Fsp3) is 0.125. The fourth-order valence-corrected chi connectivity index (χ4v) is 0.777. The molecule has 0 amide bonds. The largest absolute Gasteiger partial charge is 0.872 e. The summed E-state index contributed by atoms with van der Waals surface area (Å²) in [5.74, 6) is -1.40. The smallest absolute Gasteiger partial charge is 0.159 e. The van der Waals surface area contributed by atoms with Gasteiger partial charge in [0.1, 0.15) is 5.82 Å². The SMILES string of the molecule is CC(=O)c1cc(F)ccc1[O-]. The topological polar surface area (TPSA) is 40.1 Å². The minimum Gasteiger partial charge on any atom is -0.872 e. The van der Waals surface area contributed by atoms with Gasteiger partial charge >= 0.3 is 0 Å². The summed E-state index contributed by atoms with van der Waals surface area (Å²) in [6.45, 7) is 1.23. The molecule has 1 rings (SSSR count). The predicted molar refractivity (Wildman–Crippen MR) is 35.9 cm³/mol. The number of rotatable bonds is 1. The van der Waals surface area contributed by atoms with Crippen molar-refractivity contribution < 1.29 is 14.3 Å². The van der Waals surface area contributed by atoms with Crippen LogP contribution >= 0.6 is 0 Å². The quantitative estimate of drug-likeness (QED) is 0.567. The zero-order valence-electron chi connectivity index (χ0n) is 5.93. The molecule has 0 radical (unpaired) electrons. The van der Waals surface area contributed by atoms with E-state index < -0.39 is 17.3 Å². The van der Waals surface area contributed by atoms with Crippen LogP contribution in [0.3, 0.4) is 0 Å². The first kappa shape index (κ1) is 7.72. The Hall–Kier alpha value is -1.38. The molecule has 0 aliphatic heterocycles. The minimum absolute atomic E-state index is 0.0926. The second-order valence-corrected chi connectivity index (χ2v) is 2.20. The van der Waals surface area contributed by atoms with Crippen molar-refractivity contribution in [2.45, 2.75) is 6.92 Å². The summed E-state index contributed by atoms with van der Waals surface area (Å²) < 4.78 is 12.4. The Balaban J connectivity index is 3.23. The van der Waals surface area contributed by atoms with Crippen molar-refractivity contribution in [1.82, 2.24) is 0 Å². The molecule has 0 fully saturated rings. The third kappa shape index (κ3) is 1.55. The third-order valence-electron chi connectivity index (χ3n) is 1.32. The molecule has 0 heterocycles. The van der Waals surface area contributed by atoms with Crippen molar-refractivity contribution in [3.05, 3.63) is 29.6 Å². The van der Waals surface area contributed by atoms with Crippen LogP contribution in [-0.4, -0.2) is 5.78 Å². The van der Waals surface area contributed by atoms with E-state index in [4.69, 9.17) is 0 Å². The first-order valence-corrected chi connectivity index (χ1v) is 3.09. The van der Waals surface area contributed by atoms with Crippen molar-refractivity contribution in [3.8, 4) is 5.75 Å². The van der Waals surface area contributed by atoms with E-state index in [9.17, 15) is 14.3 Å². The van der Waals surface area contributed by atoms with E-state index in [-0.39, 0.29) is 5.56 Å². The summed E-state index contributed by atoms with van der Waals surface area (Å²) in [5, 5.41) is 10.8. The zero-order valence-corrected chi connectivity index (χ0v) is 5.93. The molecule has 0 N–H and O–H groups in total. The molecule has 0 aromatic heterocycles. The molecule has 0 saturated carbocycles. The Morgan fingerprint density at radius 1 is 1.55 bits per heavy atom. The summed E-state index contributed by atoms with van der Waals surface area (Å²) in [4.78, 5) is 10.7. The van der Waals surface area contributed by atoms with Gasteiger partial charge < -0.3 is 5.11 Å². The maximum Gasteiger partial charge on any atom is 0.159 e. The van der Waals surface area contributed by atoms with Gasteiger partial charge in [-0.05, 0) is 19.1 Å². The highest BCUT2D eigenvalue weighted by Crippen LogP contribution is 2.14. The highest BCUT2D eigenvalue weighted by Gasteiger charge is 2.00. The lowest BCUT2D eigenvalue weighted by Crippen LogP contribution is -2.01. The molecule has 0 spiro atoms. The van der Waals surface area contributed by atoms with Crippen LogP contribution in [0.2, 0.25) is 0 Å². The molecule has 11 heavy (non-hydrogen) atoms. The number of carbonyl (C=O) groups is 1. The molecule has 1 aromatic rings. The first-order chi connectivity index (χ1) is 5.11. The molecule has 0 saturated heterocycles. The van der Waals surface area contributed by atoms with Crippen molar-refractivity contribution >= 4 is 5.78 Å². The van der Waals surface area contributed by atoms with Gasteiger partial charge in [0, 0.05) is 5.56 Å². The van der Waals surface area contributed by atoms with Crippen LogP contribution in [0, 0.1) is 5.82 Å². The standard InChI is InChI=1S/C8H7FO2/c1-5(10)7-4-6(9)2-3-8(7)11/h2-4,11H,1H3/p-1. The lowest BCUT2D eigenvalue weighted by atomic mass is 10.1. The van der Waals surface area contributed by atoms with Crippen LogP contribution < -0.4 is 5.11 Å². The lowest BCUT2D eigenvalue weighted by Gasteiger charge is -2.09. The molecule has 0 atom stereocenters. The van der Waals surface area contributed by atoms with Gasteiger partial charge in [-0.1, -0.05) is 11.8 Å². The van der Waals surface area contributed by atoms with Crippen LogP contribution in [-0.2, 0) is 0 Å². The normalized spacial score (nSPS) is 9.64. The monoisotopic (exact) mass is 153 g/mol. The predicted octanol–water partition coefficient (Wildman–Crippen LogP) is 1.10. The average molecular weight is 153 g/mol. The minimum atomic E-state index is -0.560. The third-order valence-corrected chi connectivity index (χ3v) is 1.32. The van der Waals surface area contributed by atoms with Gasteiger partial charge in [-0.15, -0.1) is 0 Å². The van der Waals surface area contributed by atoms with E-state index in [1.54, 1.807) is 0 Å². The van der Waals surface area contributed by atoms with Crippen LogP contribution in [0.25, 0.3) is 0 Å². The number of carbonyl (C=O) groups excluding carboxylic acids is 1. The maximum atomic E-state index is 12.4. The number of hydrogen-bond donors (Lipinski definition) is 0. The summed E-state index contributed by atoms with van der Waals surface area (Å²) >= 11 is 0. The van der Waals surface area contributed by atoms with E-state index in [0.717, 1.165) is 18.2 Å². The van der Waals surface area contributed by atoms with E-state index in [1.165, 1.54) is 6.92 Å². The molecule has 0 bridgehead atoms. The van der Waals surface area contributed by atoms with Crippen molar-refractivity contribution in [3.63, 3.8) is 0 Å². The number of halogens is 1. The van der Waals surface area contributed by atoms with Crippen LogP contribution in [0.5, 0.6) is 5.75 Å². The molecular formula is C8H6FO2-. The molecular weight excluding hydrogens is 147 g/mol. The van der Waals surface area contributed by atoms with Crippen LogP contribution in [0.15, 0.2) is 18.2 Å². The Morgan fingerprint density at radius 3 is 2.64 bits per heavy atom. The molecule has 0 aliphatic rings. The van der Waals surface area contributed by atoms with Crippen LogP contribution in [0.4, 0.5) is 4.39 Å². The Labute approximate surface area is 63.3 Å². The fourth-order valence-electron chi connectivity index (χ4n) is 0.777. The first-order valence-electron chi connectivity index (χ1n) is 3.09. The van der Waals surface area contributed by atoms with E-state index in [0.29, 0.717) is 0 Å². The molecule has 2 nitrogen and oxygen atoms in total. The summed E-state index contributed by atoms with van der Waals surface area (Å²) in [6.07, 6.45) is 0. The van der Waals surface area contributed by atoms with E-state index in [1.807, 2.05) is 0 Å². The van der Waals surface area contributed by atoms with Gasteiger partial charge in [-0.2, -0.15) is 0 Å². The molecule has 0 aliphatic carbocycles. The van der Waals surface area contributed by atoms with Crippen LogP contribution in [0.1, 0.15) is 17.3 Å². The molecule has 3 heteroatoms. The average Bonchev–Trinajstić information content (AvgIpc) is 1.94. The summed E-state index contributed by atoms with van der Waals surface area (Å²) in [7, 11) is 0. The van der Waals surface area contributed by atoms with Crippen molar-refractivity contribution in [2.75, 3.05) is 0 Å². The van der Waals surface area contributed by atoms with Gasteiger partial charge in [0.25, 0.3) is 0 Å². The Kier molecular flexibility index (Phi) is 1.89. The van der Waals surface area contributed by atoms with Crippen molar-refractivity contribution in [1.29, 1.82) is 0 Å². The summed E-state index contributed by atoms with van der Waals surface area (Å²) in [6, 6.07) is 3.03. The second-order valence-electron chi connectivity index (χ2n) is 2.20. The van der Waals surface area contributed by atoms with E-state index >= 15 is 0 Å². The zero-order chi connectivity index (χ0) is 8.43. The second kappa shape index (κ2) is 2.70. The number of hydrogen-bond acceptors (Lipinski definition) is 2. The van der Waals surface area contributed by atoms with E-state index in [2.05, 4.69) is 0 Å². The summed E-state index contributed by atoms with van der Waals surface area (Å²) in [5.41, 5.74) is -0.0926. The highest BCUT2D eigenvalue weighted by molar-refractivity contribution is 5.96. The highest BCUT2D eigenvalue weighted by atomic mass is 19.1.